The van der Waals surface area contributed by atoms with Crippen molar-refractivity contribution in [1.82, 2.24) is 4.90 Å². The van der Waals surface area contributed by atoms with Gasteiger partial charge in [0.05, 0.1) is 0 Å². The lowest BCUT2D eigenvalue weighted by atomic mass is 9.92. The number of hydrogen-bond donors (Lipinski definition) is 0. The first-order valence-electron chi connectivity index (χ1n) is 4.57. The van der Waals surface area contributed by atoms with E-state index in [0.717, 1.165) is 12.6 Å². The molecule has 0 spiro atoms. The molecule has 12 heavy (non-hydrogen) atoms. The van der Waals surface area contributed by atoms with Gasteiger partial charge in [-0.15, -0.1) is 0 Å². The highest BCUT2D eigenvalue weighted by molar-refractivity contribution is 5.87. The number of rotatable bonds is 4. The van der Waals surface area contributed by atoms with Crippen molar-refractivity contribution in [2.24, 2.45) is 0 Å². The highest BCUT2D eigenvalue weighted by Gasteiger charge is 2.20. The van der Waals surface area contributed by atoms with Crippen LogP contribution < -0.4 is 0 Å². The number of nitrogens with zero attached hydrogens (tertiary/aromatic N) is 1. The summed E-state index contributed by atoms with van der Waals surface area (Å²) in [5.74, 6) is 0.136. The Labute approximate surface area is 74.2 Å². The second-order valence-electron chi connectivity index (χ2n) is 3.54. The Bertz CT molecular complexity index is 182. The molecule has 0 bridgehead atoms. The van der Waals surface area contributed by atoms with Gasteiger partial charge in [-0.05, 0) is 32.9 Å². The number of ketones is 1. The molecule has 0 atom stereocenters. The molecule has 1 saturated carbocycles. The first kappa shape index (κ1) is 9.46. The zero-order valence-corrected chi connectivity index (χ0v) is 7.92. The van der Waals surface area contributed by atoms with Crippen LogP contribution in [0.5, 0.6) is 0 Å². The van der Waals surface area contributed by atoms with Gasteiger partial charge in [0, 0.05) is 12.6 Å². The summed E-state index contributed by atoms with van der Waals surface area (Å²) in [7, 11) is 2.12. The first-order valence-corrected chi connectivity index (χ1v) is 4.57. The Morgan fingerprint density at radius 1 is 1.58 bits per heavy atom. The molecule has 2 nitrogen and oxygen atoms in total. The van der Waals surface area contributed by atoms with Crippen molar-refractivity contribution in [2.45, 2.75) is 32.2 Å². The van der Waals surface area contributed by atoms with Crippen LogP contribution in [0.25, 0.3) is 0 Å². The normalized spacial score (nSPS) is 18.6. The van der Waals surface area contributed by atoms with Crippen LogP contribution in [-0.4, -0.2) is 30.3 Å². The van der Waals surface area contributed by atoms with Gasteiger partial charge in [-0.2, -0.15) is 0 Å². The molecule has 0 unspecified atom stereocenters. The lowest BCUT2D eigenvalue weighted by molar-refractivity contribution is -0.112. The van der Waals surface area contributed by atoms with E-state index in [1.165, 1.54) is 19.3 Å². The maximum Gasteiger partial charge on any atom is 0.152 e. The number of likely N-dealkylation sites (N-methyl/N-ethyl adjacent to an activating group) is 1. The van der Waals surface area contributed by atoms with E-state index in [1.807, 2.05) is 6.08 Å². The van der Waals surface area contributed by atoms with Crippen LogP contribution in [0.3, 0.4) is 0 Å². The minimum absolute atomic E-state index is 0.136. The average molecular weight is 167 g/mol. The van der Waals surface area contributed by atoms with E-state index in [2.05, 4.69) is 11.9 Å². The zero-order chi connectivity index (χ0) is 8.97. The van der Waals surface area contributed by atoms with Crippen molar-refractivity contribution >= 4 is 5.78 Å². The van der Waals surface area contributed by atoms with E-state index >= 15 is 0 Å². The molecule has 0 saturated heterocycles. The van der Waals surface area contributed by atoms with Gasteiger partial charge >= 0.3 is 0 Å². The second kappa shape index (κ2) is 4.41. The van der Waals surface area contributed by atoms with E-state index in [9.17, 15) is 4.79 Å². The largest absolute Gasteiger partial charge is 0.300 e. The molecule has 1 aliphatic carbocycles. The van der Waals surface area contributed by atoms with Crippen molar-refractivity contribution in [3.8, 4) is 0 Å². The molecule has 68 valence electrons. The molecule has 1 fully saturated rings. The van der Waals surface area contributed by atoms with Gasteiger partial charge in [0.25, 0.3) is 0 Å². The SMILES string of the molecule is CC(=O)/C=C/CN(C)C1CCC1. The molecular formula is C10H17NO. The maximum atomic E-state index is 10.6. The average Bonchev–Trinajstić information content (AvgIpc) is 1.81. The van der Waals surface area contributed by atoms with Crippen molar-refractivity contribution in [3.05, 3.63) is 12.2 Å². The van der Waals surface area contributed by atoms with Crippen LogP contribution in [0.4, 0.5) is 0 Å². The van der Waals surface area contributed by atoms with E-state index < -0.39 is 0 Å². The molecule has 2 heteroatoms. The Balaban J connectivity index is 2.17. The van der Waals surface area contributed by atoms with Crippen molar-refractivity contribution in [1.29, 1.82) is 0 Å². The van der Waals surface area contributed by atoms with E-state index in [4.69, 9.17) is 0 Å². The summed E-state index contributed by atoms with van der Waals surface area (Å²) in [6.07, 6.45) is 7.61. The fourth-order valence-corrected chi connectivity index (χ4v) is 1.36. The summed E-state index contributed by atoms with van der Waals surface area (Å²) in [6, 6.07) is 0.765. The van der Waals surface area contributed by atoms with Gasteiger partial charge < -0.3 is 0 Å². The number of allylic oxidation sites excluding steroid dienone is 1. The Morgan fingerprint density at radius 2 is 2.25 bits per heavy atom. The lowest BCUT2D eigenvalue weighted by Gasteiger charge is -2.33. The summed E-state index contributed by atoms with van der Waals surface area (Å²) in [5, 5.41) is 0. The minimum atomic E-state index is 0.136. The predicted octanol–water partition coefficient (Wildman–Crippen LogP) is 1.62. The molecule has 0 aromatic heterocycles. The third-order valence-electron chi connectivity index (χ3n) is 2.44. The maximum absolute atomic E-state index is 10.6. The summed E-state index contributed by atoms with van der Waals surface area (Å²) < 4.78 is 0. The van der Waals surface area contributed by atoms with Gasteiger partial charge in [0.15, 0.2) is 5.78 Å². The summed E-state index contributed by atoms with van der Waals surface area (Å²) in [5.41, 5.74) is 0. The molecule has 0 amide bonds. The molecule has 0 aromatic carbocycles. The smallest absolute Gasteiger partial charge is 0.152 e. The predicted molar refractivity (Wildman–Crippen MR) is 50.1 cm³/mol. The number of carbonyl (C=O) groups is 1. The monoisotopic (exact) mass is 167 g/mol. The number of hydrogen-bond acceptors (Lipinski definition) is 2. The van der Waals surface area contributed by atoms with E-state index in [0.29, 0.717) is 0 Å². The quantitative estimate of drug-likeness (QED) is 0.593. The Morgan fingerprint density at radius 3 is 2.67 bits per heavy atom. The third-order valence-corrected chi connectivity index (χ3v) is 2.44. The third kappa shape index (κ3) is 2.78. The van der Waals surface area contributed by atoms with Gasteiger partial charge in [-0.1, -0.05) is 12.5 Å². The van der Waals surface area contributed by atoms with Crippen LogP contribution in [-0.2, 0) is 4.79 Å². The van der Waals surface area contributed by atoms with Crippen molar-refractivity contribution in [3.63, 3.8) is 0 Å². The van der Waals surface area contributed by atoms with Gasteiger partial charge in [-0.3, -0.25) is 9.69 Å². The zero-order valence-electron chi connectivity index (χ0n) is 7.92. The topological polar surface area (TPSA) is 20.3 Å². The molecule has 0 aliphatic heterocycles. The molecule has 0 radical (unpaired) electrons. The molecular weight excluding hydrogens is 150 g/mol. The van der Waals surface area contributed by atoms with Crippen molar-refractivity contribution < 1.29 is 4.79 Å². The molecule has 1 aliphatic rings. The standard InChI is InChI=1S/C10H17NO/c1-9(12)5-4-8-11(2)10-6-3-7-10/h4-5,10H,3,6-8H2,1-2H3/b5-4+. The molecule has 1 rings (SSSR count). The lowest BCUT2D eigenvalue weighted by Crippen LogP contribution is -2.37. The molecule has 0 N–H and O–H groups in total. The molecule has 0 heterocycles. The minimum Gasteiger partial charge on any atom is -0.300 e. The summed E-state index contributed by atoms with van der Waals surface area (Å²) in [4.78, 5) is 12.9. The Hall–Kier alpha value is -0.630. The van der Waals surface area contributed by atoms with Crippen LogP contribution in [0.1, 0.15) is 26.2 Å². The van der Waals surface area contributed by atoms with Crippen molar-refractivity contribution in [2.75, 3.05) is 13.6 Å². The van der Waals surface area contributed by atoms with Gasteiger partial charge in [0.2, 0.25) is 0 Å². The highest BCUT2D eigenvalue weighted by Crippen LogP contribution is 2.22. The van der Waals surface area contributed by atoms with E-state index in [1.54, 1.807) is 13.0 Å². The summed E-state index contributed by atoms with van der Waals surface area (Å²) >= 11 is 0. The highest BCUT2D eigenvalue weighted by atomic mass is 16.1. The van der Waals surface area contributed by atoms with Crippen LogP contribution in [0.2, 0.25) is 0 Å². The second-order valence-corrected chi connectivity index (χ2v) is 3.54. The Kier molecular flexibility index (Phi) is 3.48. The van der Waals surface area contributed by atoms with Gasteiger partial charge in [0.1, 0.15) is 0 Å². The van der Waals surface area contributed by atoms with Gasteiger partial charge in [-0.25, -0.2) is 0 Å². The van der Waals surface area contributed by atoms with Crippen LogP contribution >= 0.6 is 0 Å². The van der Waals surface area contributed by atoms with Crippen LogP contribution in [0.15, 0.2) is 12.2 Å². The first-order chi connectivity index (χ1) is 5.70. The fourth-order valence-electron chi connectivity index (χ4n) is 1.36. The summed E-state index contributed by atoms with van der Waals surface area (Å²) in [6.45, 7) is 2.49. The number of carbonyl (C=O) groups excluding carboxylic acids is 1. The molecule has 0 aromatic rings. The fraction of sp³-hybridized carbons (Fsp3) is 0.700. The van der Waals surface area contributed by atoms with E-state index in [-0.39, 0.29) is 5.78 Å². The van der Waals surface area contributed by atoms with Crippen LogP contribution in [0, 0.1) is 0 Å².